The van der Waals surface area contributed by atoms with E-state index in [2.05, 4.69) is 33.3 Å². The van der Waals surface area contributed by atoms with E-state index in [0.717, 1.165) is 54.0 Å². The standard InChI is InChI=1S/C28H31N7O2/c1-4-37-22-13-23(26-21(14-29)17-32-35(26)18-22)20-6-8-25(31-16-20)34-11-9-28(3,10-12-34)27(36)33-24-7-5-19(2)15-30-24/h5-8,13,15-18,27,36H,4,9-12H2,1-3H3,(H,30,33). The van der Waals surface area contributed by atoms with E-state index in [1.165, 1.54) is 0 Å². The zero-order chi connectivity index (χ0) is 26.0. The lowest BCUT2D eigenvalue weighted by Crippen LogP contribution is -2.47. The zero-order valence-corrected chi connectivity index (χ0v) is 21.3. The first-order valence-corrected chi connectivity index (χ1v) is 12.5. The number of ether oxygens (including phenoxy) is 1. The average molecular weight is 498 g/mol. The first kappa shape index (κ1) is 24.5. The molecule has 2 N–H and O–H groups in total. The van der Waals surface area contributed by atoms with Gasteiger partial charge in [0.05, 0.1) is 30.1 Å². The van der Waals surface area contributed by atoms with Crippen molar-refractivity contribution >= 4 is 17.2 Å². The predicted octanol–water partition coefficient (Wildman–Crippen LogP) is 4.41. The summed E-state index contributed by atoms with van der Waals surface area (Å²) in [6, 6.07) is 12.1. The normalized spacial score (nSPS) is 15.8. The Morgan fingerprint density at radius 3 is 2.62 bits per heavy atom. The fourth-order valence-corrected chi connectivity index (χ4v) is 4.76. The molecular formula is C28H31N7O2. The molecule has 0 aliphatic carbocycles. The molecule has 0 aromatic carbocycles. The molecule has 1 saturated heterocycles. The lowest BCUT2D eigenvalue weighted by molar-refractivity contribution is 0.0399. The van der Waals surface area contributed by atoms with Crippen molar-refractivity contribution < 1.29 is 9.84 Å². The molecule has 4 aromatic heterocycles. The number of piperidine rings is 1. The Labute approximate surface area is 216 Å². The van der Waals surface area contributed by atoms with Crippen molar-refractivity contribution in [2.45, 2.75) is 39.8 Å². The Bertz CT molecular complexity index is 1420. The van der Waals surface area contributed by atoms with Crippen LogP contribution >= 0.6 is 0 Å². The van der Waals surface area contributed by atoms with Crippen LogP contribution in [0.3, 0.4) is 0 Å². The van der Waals surface area contributed by atoms with Crippen molar-refractivity contribution in [2.75, 3.05) is 29.9 Å². The van der Waals surface area contributed by atoms with E-state index < -0.39 is 6.23 Å². The molecule has 1 atom stereocenters. The summed E-state index contributed by atoms with van der Waals surface area (Å²) in [6.45, 7) is 8.14. The Kier molecular flexibility index (Phi) is 6.68. The van der Waals surface area contributed by atoms with E-state index in [1.54, 1.807) is 23.1 Å². The highest BCUT2D eigenvalue weighted by Gasteiger charge is 2.37. The fourth-order valence-electron chi connectivity index (χ4n) is 4.76. The summed E-state index contributed by atoms with van der Waals surface area (Å²) in [5, 5.41) is 28.0. The fraction of sp³-hybridized carbons (Fsp3) is 0.357. The molecule has 1 fully saturated rings. The molecule has 1 unspecified atom stereocenters. The van der Waals surface area contributed by atoms with Crippen LogP contribution in [0.15, 0.2) is 55.1 Å². The molecule has 1 aliphatic rings. The number of aromatic nitrogens is 4. The van der Waals surface area contributed by atoms with Crippen molar-refractivity contribution in [2.24, 2.45) is 5.41 Å². The largest absolute Gasteiger partial charge is 0.492 e. The number of nitrogens with zero attached hydrogens (tertiary/aromatic N) is 6. The molecule has 0 radical (unpaired) electrons. The summed E-state index contributed by atoms with van der Waals surface area (Å²) in [4.78, 5) is 11.4. The van der Waals surface area contributed by atoms with Gasteiger partial charge in [-0.1, -0.05) is 13.0 Å². The molecule has 1 aliphatic heterocycles. The van der Waals surface area contributed by atoms with Crippen LogP contribution in [0.2, 0.25) is 0 Å². The van der Waals surface area contributed by atoms with Gasteiger partial charge in [-0.3, -0.25) is 0 Å². The SMILES string of the molecule is CCOc1cc(-c2ccc(N3CCC(C)(C(O)Nc4ccc(C)cn4)CC3)nc2)c2c(C#N)cnn2c1. The molecule has 0 spiro atoms. The molecular weight excluding hydrogens is 466 g/mol. The molecule has 190 valence electrons. The van der Waals surface area contributed by atoms with Gasteiger partial charge in [-0.05, 0) is 56.5 Å². The van der Waals surface area contributed by atoms with Crippen LogP contribution in [-0.2, 0) is 0 Å². The highest BCUT2D eigenvalue weighted by atomic mass is 16.5. The van der Waals surface area contributed by atoms with Gasteiger partial charge in [0.1, 0.15) is 29.7 Å². The minimum atomic E-state index is -0.690. The molecule has 5 rings (SSSR count). The van der Waals surface area contributed by atoms with Gasteiger partial charge in [-0.2, -0.15) is 10.4 Å². The van der Waals surface area contributed by atoms with Crippen LogP contribution in [0.4, 0.5) is 11.6 Å². The number of nitrogens with one attached hydrogen (secondary N) is 1. The number of rotatable bonds is 7. The number of aliphatic hydroxyl groups excluding tert-OH is 1. The van der Waals surface area contributed by atoms with Crippen LogP contribution in [-0.4, -0.2) is 50.6 Å². The van der Waals surface area contributed by atoms with Crippen molar-refractivity contribution in [3.8, 4) is 22.9 Å². The summed E-state index contributed by atoms with van der Waals surface area (Å²) in [6.07, 6.45) is 7.92. The smallest absolute Gasteiger partial charge is 0.138 e. The molecule has 4 aromatic rings. The minimum absolute atomic E-state index is 0.274. The Balaban J connectivity index is 1.31. The number of hydrogen-bond acceptors (Lipinski definition) is 8. The summed E-state index contributed by atoms with van der Waals surface area (Å²) < 4.78 is 7.40. The van der Waals surface area contributed by atoms with Crippen molar-refractivity contribution in [3.05, 3.63) is 66.2 Å². The third-order valence-corrected chi connectivity index (χ3v) is 7.16. The van der Waals surface area contributed by atoms with Crippen molar-refractivity contribution in [1.29, 1.82) is 5.26 Å². The number of nitriles is 1. The molecule has 0 amide bonds. The highest BCUT2D eigenvalue weighted by molar-refractivity contribution is 5.85. The predicted molar refractivity (Wildman–Crippen MR) is 142 cm³/mol. The number of anilines is 2. The lowest BCUT2D eigenvalue weighted by Gasteiger charge is -2.42. The number of fused-ring (bicyclic) bond motifs is 1. The summed E-state index contributed by atoms with van der Waals surface area (Å²) in [5.41, 5.74) is 3.79. The molecule has 0 bridgehead atoms. The van der Waals surface area contributed by atoms with E-state index in [0.29, 0.717) is 23.7 Å². The number of pyridine rings is 3. The number of aliphatic hydroxyl groups is 1. The van der Waals surface area contributed by atoms with Crippen molar-refractivity contribution in [1.82, 2.24) is 19.6 Å². The topological polar surface area (TPSA) is 112 Å². The van der Waals surface area contributed by atoms with Crippen LogP contribution in [0.5, 0.6) is 5.75 Å². The van der Waals surface area contributed by atoms with Crippen molar-refractivity contribution in [3.63, 3.8) is 0 Å². The quantitative estimate of drug-likeness (QED) is 0.361. The Morgan fingerprint density at radius 2 is 1.97 bits per heavy atom. The highest BCUT2D eigenvalue weighted by Crippen LogP contribution is 2.37. The van der Waals surface area contributed by atoms with E-state index in [9.17, 15) is 10.4 Å². The molecule has 37 heavy (non-hydrogen) atoms. The summed E-state index contributed by atoms with van der Waals surface area (Å²) >= 11 is 0. The number of aryl methyl sites for hydroxylation is 1. The van der Waals surface area contributed by atoms with Crippen LogP contribution in [0.1, 0.15) is 37.8 Å². The van der Waals surface area contributed by atoms with Crippen LogP contribution in [0.25, 0.3) is 16.6 Å². The van der Waals surface area contributed by atoms with Gasteiger partial charge in [0.15, 0.2) is 0 Å². The maximum atomic E-state index is 10.9. The number of hydrogen-bond donors (Lipinski definition) is 2. The van der Waals surface area contributed by atoms with E-state index >= 15 is 0 Å². The molecule has 5 heterocycles. The summed E-state index contributed by atoms with van der Waals surface area (Å²) in [5.74, 6) is 2.25. The third-order valence-electron chi connectivity index (χ3n) is 7.16. The first-order chi connectivity index (χ1) is 17.9. The lowest BCUT2D eigenvalue weighted by atomic mass is 9.78. The maximum Gasteiger partial charge on any atom is 0.138 e. The molecule has 0 saturated carbocycles. The van der Waals surface area contributed by atoms with E-state index in [-0.39, 0.29) is 5.41 Å². The Morgan fingerprint density at radius 1 is 1.16 bits per heavy atom. The van der Waals surface area contributed by atoms with E-state index in [1.807, 2.05) is 50.4 Å². The monoisotopic (exact) mass is 497 g/mol. The first-order valence-electron chi connectivity index (χ1n) is 12.5. The van der Waals surface area contributed by atoms with Gasteiger partial charge in [-0.25, -0.2) is 14.5 Å². The maximum absolute atomic E-state index is 10.9. The molecule has 9 nitrogen and oxygen atoms in total. The minimum Gasteiger partial charge on any atom is -0.492 e. The van der Waals surface area contributed by atoms with Crippen LogP contribution in [0, 0.1) is 23.7 Å². The third kappa shape index (κ3) is 4.93. The zero-order valence-electron chi connectivity index (χ0n) is 21.3. The second kappa shape index (κ2) is 10.1. The molecule has 9 heteroatoms. The average Bonchev–Trinajstić information content (AvgIpc) is 3.33. The van der Waals surface area contributed by atoms with Gasteiger partial charge in [0, 0.05) is 42.0 Å². The van der Waals surface area contributed by atoms with Gasteiger partial charge >= 0.3 is 0 Å². The van der Waals surface area contributed by atoms with Gasteiger partial charge < -0.3 is 20.1 Å². The second-order valence-corrected chi connectivity index (χ2v) is 9.80. The van der Waals surface area contributed by atoms with Gasteiger partial charge in [-0.15, -0.1) is 0 Å². The summed E-state index contributed by atoms with van der Waals surface area (Å²) in [7, 11) is 0. The second-order valence-electron chi connectivity index (χ2n) is 9.80. The van der Waals surface area contributed by atoms with Crippen LogP contribution < -0.4 is 15.0 Å². The van der Waals surface area contributed by atoms with E-state index in [4.69, 9.17) is 9.72 Å². The van der Waals surface area contributed by atoms with Gasteiger partial charge in [0.25, 0.3) is 0 Å². The van der Waals surface area contributed by atoms with Gasteiger partial charge in [0.2, 0.25) is 0 Å². The Hall–Kier alpha value is -4.16.